The summed E-state index contributed by atoms with van der Waals surface area (Å²) in [5.74, 6) is -0.538. The zero-order chi connectivity index (χ0) is 22.6. The molecule has 166 valence electrons. The molecule has 0 aliphatic heterocycles. The number of imidazole rings is 1. The highest BCUT2D eigenvalue weighted by Crippen LogP contribution is 2.27. The molecule has 0 unspecified atom stereocenters. The van der Waals surface area contributed by atoms with Gasteiger partial charge in [-0.3, -0.25) is 9.36 Å². The molecule has 0 fully saturated rings. The van der Waals surface area contributed by atoms with E-state index in [4.69, 9.17) is 0 Å². The first-order chi connectivity index (χ1) is 14.7. The number of halogens is 2. The van der Waals surface area contributed by atoms with E-state index in [1.807, 2.05) is 0 Å². The summed E-state index contributed by atoms with van der Waals surface area (Å²) in [6, 6.07) is 13.5. The molecule has 3 aromatic rings. The molecule has 1 aromatic heterocycles. The number of benzene rings is 2. The van der Waals surface area contributed by atoms with Crippen molar-refractivity contribution in [1.82, 2.24) is 19.6 Å². The monoisotopic (exact) mass is 450 g/mol. The second-order valence-electron chi connectivity index (χ2n) is 7.33. The molecule has 0 bridgehead atoms. The van der Waals surface area contributed by atoms with Crippen LogP contribution in [0.2, 0.25) is 0 Å². The van der Waals surface area contributed by atoms with Crippen molar-refractivity contribution in [1.29, 1.82) is 0 Å². The smallest absolute Gasteiger partial charge is 0.320 e. The van der Waals surface area contributed by atoms with Gasteiger partial charge in [0.1, 0.15) is 5.82 Å². The zero-order valence-corrected chi connectivity index (χ0v) is 18.0. The number of carbonyl (C=O) groups excluding carboxylic acids is 1. The number of nitrogens with zero attached hydrogens (tertiary/aromatic N) is 2. The Bertz CT molecular complexity index is 1160. The number of aromatic nitrogens is 2. The number of fused-ring (bicyclic) bond motifs is 1. The molecule has 31 heavy (non-hydrogen) atoms. The number of para-hydroxylation sites is 2. The quantitative estimate of drug-likeness (QED) is 0.524. The number of carbonyl (C=O) groups is 1. The molecule has 2 aromatic carbocycles. The lowest BCUT2D eigenvalue weighted by Crippen LogP contribution is -2.28. The lowest BCUT2D eigenvalue weighted by Gasteiger charge is -2.15. The van der Waals surface area contributed by atoms with E-state index in [1.54, 1.807) is 55.5 Å². The summed E-state index contributed by atoms with van der Waals surface area (Å²) in [6.45, 7) is -0.578. The summed E-state index contributed by atoms with van der Waals surface area (Å²) in [7, 11) is -3.24. The van der Waals surface area contributed by atoms with Crippen LogP contribution in [0.3, 0.4) is 0 Å². The summed E-state index contributed by atoms with van der Waals surface area (Å²) >= 11 is 0. The Labute approximate surface area is 179 Å². The fraction of sp³-hybridized carbons (Fsp3) is 0.333. The van der Waals surface area contributed by atoms with Crippen molar-refractivity contribution in [3.63, 3.8) is 0 Å². The Morgan fingerprint density at radius 3 is 2.45 bits per heavy atom. The highest BCUT2D eigenvalue weighted by molar-refractivity contribution is 7.88. The molecule has 0 aliphatic carbocycles. The number of rotatable bonds is 9. The van der Waals surface area contributed by atoms with E-state index in [-0.39, 0.29) is 24.8 Å². The zero-order valence-electron chi connectivity index (χ0n) is 17.2. The molecule has 0 aliphatic rings. The first kappa shape index (κ1) is 22.8. The van der Waals surface area contributed by atoms with Crippen molar-refractivity contribution in [2.24, 2.45) is 0 Å². The van der Waals surface area contributed by atoms with Crippen LogP contribution in [0.25, 0.3) is 11.0 Å². The van der Waals surface area contributed by atoms with Gasteiger partial charge < -0.3 is 5.32 Å². The summed E-state index contributed by atoms with van der Waals surface area (Å²) in [5, 5.41) is 2.76. The van der Waals surface area contributed by atoms with Crippen LogP contribution >= 0.6 is 0 Å². The number of amides is 1. The Kier molecular flexibility index (Phi) is 7.01. The van der Waals surface area contributed by atoms with Crippen molar-refractivity contribution < 1.29 is 22.0 Å². The molecule has 0 saturated heterocycles. The third-order valence-corrected chi connectivity index (χ3v) is 5.55. The third kappa shape index (κ3) is 5.86. The van der Waals surface area contributed by atoms with Gasteiger partial charge in [-0.15, -0.1) is 0 Å². The molecular weight excluding hydrogens is 426 g/mol. The van der Waals surface area contributed by atoms with Crippen LogP contribution in [0.1, 0.15) is 41.1 Å². The summed E-state index contributed by atoms with van der Waals surface area (Å²) in [4.78, 5) is 16.8. The first-order valence-electron chi connectivity index (χ1n) is 9.72. The van der Waals surface area contributed by atoms with Gasteiger partial charge in [-0.25, -0.2) is 18.1 Å². The fourth-order valence-electron chi connectivity index (χ4n) is 3.26. The molecule has 3 rings (SSSR count). The number of hydrogen-bond donors (Lipinski definition) is 2. The highest BCUT2D eigenvalue weighted by atomic mass is 32.2. The van der Waals surface area contributed by atoms with Crippen LogP contribution in [-0.4, -0.2) is 43.2 Å². The fourth-order valence-corrected chi connectivity index (χ4v) is 3.73. The molecule has 1 atom stereocenters. The molecule has 1 amide bonds. The van der Waals surface area contributed by atoms with Gasteiger partial charge in [0, 0.05) is 24.6 Å². The second kappa shape index (κ2) is 9.52. The van der Waals surface area contributed by atoms with E-state index in [9.17, 15) is 22.0 Å². The third-order valence-electron chi connectivity index (χ3n) is 4.82. The van der Waals surface area contributed by atoms with E-state index in [2.05, 4.69) is 15.0 Å². The SMILES string of the molecule is C[C@H](CNC(=O)c1ccc(CCNS(C)(=O)=O)cc1)c1nc2ccccc2n1C(F)F. The van der Waals surface area contributed by atoms with Gasteiger partial charge in [-0.2, -0.15) is 8.78 Å². The van der Waals surface area contributed by atoms with Gasteiger partial charge in [-0.1, -0.05) is 31.2 Å². The molecule has 0 radical (unpaired) electrons. The topological polar surface area (TPSA) is 93.1 Å². The van der Waals surface area contributed by atoms with Crippen LogP contribution in [0, 0.1) is 0 Å². The van der Waals surface area contributed by atoms with Gasteiger partial charge in [0.15, 0.2) is 0 Å². The Morgan fingerprint density at radius 1 is 1.13 bits per heavy atom. The number of nitrogens with one attached hydrogen (secondary N) is 2. The maximum atomic E-state index is 13.6. The van der Waals surface area contributed by atoms with Crippen LogP contribution in [0.4, 0.5) is 8.78 Å². The minimum absolute atomic E-state index is 0.148. The number of sulfonamides is 1. The van der Waals surface area contributed by atoms with Gasteiger partial charge in [0.25, 0.3) is 5.91 Å². The van der Waals surface area contributed by atoms with E-state index in [1.165, 1.54) is 0 Å². The van der Waals surface area contributed by atoms with Gasteiger partial charge in [-0.05, 0) is 36.2 Å². The molecule has 0 spiro atoms. The van der Waals surface area contributed by atoms with Gasteiger partial charge >= 0.3 is 6.55 Å². The highest BCUT2D eigenvalue weighted by Gasteiger charge is 2.22. The molecule has 10 heteroatoms. The normalized spacial score (nSPS) is 12.9. The second-order valence-corrected chi connectivity index (χ2v) is 9.16. The molecule has 2 N–H and O–H groups in total. The van der Waals surface area contributed by atoms with Gasteiger partial charge in [0.2, 0.25) is 10.0 Å². The number of alkyl halides is 2. The van der Waals surface area contributed by atoms with Crippen LogP contribution in [-0.2, 0) is 16.4 Å². The first-order valence-corrected chi connectivity index (χ1v) is 11.6. The standard InChI is InChI=1S/C21H24F2N4O3S/c1-14(19-26-17-5-3-4-6-18(17)27(19)21(22)23)13-24-20(28)16-9-7-15(8-10-16)11-12-25-31(2,29)30/h3-10,14,21,25H,11-13H2,1-2H3,(H,24,28)/t14-/m1/s1. The van der Waals surface area contributed by atoms with Crippen LogP contribution < -0.4 is 10.0 Å². The largest absolute Gasteiger partial charge is 0.351 e. The average molecular weight is 451 g/mol. The van der Waals surface area contributed by atoms with Crippen molar-refractivity contribution >= 4 is 27.0 Å². The Morgan fingerprint density at radius 2 is 1.81 bits per heavy atom. The predicted molar refractivity (Wildman–Crippen MR) is 115 cm³/mol. The Hall–Kier alpha value is -2.85. The number of hydrogen-bond acceptors (Lipinski definition) is 4. The summed E-state index contributed by atoms with van der Waals surface area (Å²) in [6.07, 6.45) is 1.59. The lowest BCUT2D eigenvalue weighted by molar-refractivity contribution is 0.0704. The van der Waals surface area contributed by atoms with E-state index >= 15 is 0 Å². The van der Waals surface area contributed by atoms with E-state index in [0.29, 0.717) is 23.0 Å². The molecule has 0 saturated carbocycles. The van der Waals surface area contributed by atoms with Crippen molar-refractivity contribution in [2.45, 2.75) is 25.8 Å². The van der Waals surface area contributed by atoms with Gasteiger partial charge in [0.05, 0.1) is 17.3 Å². The Balaban J connectivity index is 1.62. The molecular formula is C21H24F2N4O3S. The van der Waals surface area contributed by atoms with Crippen LogP contribution in [0.5, 0.6) is 0 Å². The van der Waals surface area contributed by atoms with Crippen LogP contribution in [0.15, 0.2) is 48.5 Å². The minimum atomic E-state index is -3.24. The molecule has 1 heterocycles. The summed E-state index contributed by atoms with van der Waals surface area (Å²) in [5.41, 5.74) is 2.14. The molecule has 7 nitrogen and oxygen atoms in total. The van der Waals surface area contributed by atoms with Crippen molar-refractivity contribution in [2.75, 3.05) is 19.3 Å². The van der Waals surface area contributed by atoms with Crippen molar-refractivity contribution in [3.05, 3.63) is 65.5 Å². The maximum Gasteiger partial charge on any atom is 0.320 e. The van der Waals surface area contributed by atoms with Crippen molar-refractivity contribution in [3.8, 4) is 0 Å². The minimum Gasteiger partial charge on any atom is -0.351 e. The lowest BCUT2D eigenvalue weighted by atomic mass is 10.1. The summed E-state index contributed by atoms with van der Waals surface area (Å²) < 4.78 is 52.7. The maximum absolute atomic E-state index is 13.6. The van der Waals surface area contributed by atoms with E-state index in [0.717, 1.165) is 16.4 Å². The average Bonchev–Trinajstić information content (AvgIpc) is 3.11. The predicted octanol–water partition coefficient (Wildman–Crippen LogP) is 3.06. The van der Waals surface area contributed by atoms with E-state index < -0.39 is 22.5 Å².